The zero-order valence-corrected chi connectivity index (χ0v) is 13.1. The Morgan fingerprint density at radius 2 is 2.21 bits per heavy atom. The van der Waals surface area contributed by atoms with Crippen LogP contribution in [0, 0.1) is 18.3 Å². The van der Waals surface area contributed by atoms with E-state index in [1.807, 2.05) is 6.07 Å². The van der Waals surface area contributed by atoms with Crippen LogP contribution in [0.25, 0.3) is 0 Å². The zero-order valence-electron chi connectivity index (χ0n) is 10.7. The Morgan fingerprint density at radius 3 is 2.79 bits per heavy atom. The van der Waals surface area contributed by atoms with Gasteiger partial charge in [-0.2, -0.15) is 5.26 Å². The Labute approximate surface area is 125 Å². The summed E-state index contributed by atoms with van der Waals surface area (Å²) >= 11 is 5.26. The molecule has 0 aliphatic rings. The minimum absolute atomic E-state index is 0.595. The average molecular weight is 337 g/mol. The summed E-state index contributed by atoms with van der Waals surface area (Å²) in [7, 11) is 1.60. The Kier molecular flexibility index (Phi) is 4.46. The van der Waals surface area contributed by atoms with Crippen LogP contribution in [0.4, 0.5) is 5.69 Å². The molecule has 0 aliphatic carbocycles. The van der Waals surface area contributed by atoms with Crippen molar-refractivity contribution in [1.29, 1.82) is 5.26 Å². The van der Waals surface area contributed by atoms with Gasteiger partial charge in [0, 0.05) is 26.8 Å². The van der Waals surface area contributed by atoms with E-state index < -0.39 is 0 Å². The first-order chi connectivity index (χ1) is 9.13. The molecule has 0 bridgehead atoms. The minimum atomic E-state index is 0.595. The second-order valence-corrected chi connectivity index (χ2v) is 6.19. The van der Waals surface area contributed by atoms with Gasteiger partial charge in [0.2, 0.25) is 0 Å². The van der Waals surface area contributed by atoms with Crippen molar-refractivity contribution in [3.8, 4) is 11.8 Å². The predicted octanol–water partition coefficient (Wildman–Crippen LogP) is 4.31. The molecule has 1 aromatic carbocycles. The Morgan fingerprint density at radius 1 is 1.42 bits per heavy atom. The third-order valence-corrected chi connectivity index (χ3v) is 4.83. The van der Waals surface area contributed by atoms with Gasteiger partial charge in [0.1, 0.15) is 5.75 Å². The van der Waals surface area contributed by atoms with Gasteiger partial charge < -0.3 is 10.1 Å². The molecule has 0 saturated carbocycles. The van der Waals surface area contributed by atoms with Crippen molar-refractivity contribution < 1.29 is 4.74 Å². The predicted molar refractivity (Wildman–Crippen MR) is 81.8 cm³/mol. The molecule has 0 spiro atoms. The Hall–Kier alpha value is -1.51. The third-order valence-electron chi connectivity index (χ3n) is 2.69. The first kappa shape index (κ1) is 13.9. The van der Waals surface area contributed by atoms with Gasteiger partial charge in [-0.3, -0.25) is 0 Å². The molecular weight excluding hydrogens is 324 g/mol. The van der Waals surface area contributed by atoms with Crippen molar-refractivity contribution >= 4 is 33.0 Å². The number of aryl methyl sites for hydroxylation is 1. The summed E-state index contributed by atoms with van der Waals surface area (Å²) in [4.78, 5) is 2.51. The molecule has 19 heavy (non-hydrogen) atoms. The zero-order chi connectivity index (χ0) is 13.8. The minimum Gasteiger partial charge on any atom is -0.495 e. The quantitative estimate of drug-likeness (QED) is 0.904. The fourth-order valence-corrected chi connectivity index (χ4v) is 3.24. The van der Waals surface area contributed by atoms with Crippen LogP contribution >= 0.6 is 27.3 Å². The lowest BCUT2D eigenvalue weighted by Crippen LogP contribution is -2.00. The van der Waals surface area contributed by atoms with Crippen molar-refractivity contribution in [2.45, 2.75) is 13.5 Å². The third kappa shape index (κ3) is 3.28. The van der Waals surface area contributed by atoms with E-state index in [-0.39, 0.29) is 0 Å². The van der Waals surface area contributed by atoms with Crippen LogP contribution in [0.5, 0.6) is 5.75 Å². The van der Waals surface area contributed by atoms with Crippen molar-refractivity contribution in [3.05, 3.63) is 44.1 Å². The monoisotopic (exact) mass is 336 g/mol. The summed E-state index contributed by atoms with van der Waals surface area (Å²) in [6, 6.07) is 9.60. The highest BCUT2D eigenvalue weighted by molar-refractivity contribution is 9.10. The molecule has 1 heterocycles. The fourth-order valence-electron chi connectivity index (χ4n) is 1.69. The van der Waals surface area contributed by atoms with Gasteiger partial charge in [0.15, 0.2) is 0 Å². The number of nitrogens with one attached hydrogen (secondary N) is 1. The van der Waals surface area contributed by atoms with Gasteiger partial charge in [0.05, 0.1) is 24.4 Å². The highest BCUT2D eigenvalue weighted by Crippen LogP contribution is 2.29. The fraction of sp³-hybridized carbons (Fsp3) is 0.214. The van der Waals surface area contributed by atoms with E-state index in [2.05, 4.69) is 40.3 Å². The van der Waals surface area contributed by atoms with Crippen molar-refractivity contribution in [1.82, 2.24) is 0 Å². The number of halogens is 1. The van der Waals surface area contributed by atoms with Gasteiger partial charge >= 0.3 is 0 Å². The molecule has 3 nitrogen and oxygen atoms in total. The number of rotatable bonds is 4. The molecule has 5 heteroatoms. The van der Waals surface area contributed by atoms with Crippen LogP contribution in [0.2, 0.25) is 0 Å². The lowest BCUT2D eigenvalue weighted by molar-refractivity contribution is 0.416. The average Bonchev–Trinajstić information content (AvgIpc) is 2.75. The standard InChI is InChI=1S/C14H13BrN2OS/c1-9-12(15)6-11(19-9)8-17-13-4-3-10(7-16)5-14(13)18-2/h3-6,17H,8H2,1-2H3. The van der Waals surface area contributed by atoms with E-state index in [9.17, 15) is 0 Å². The Balaban J connectivity index is 2.13. The second-order valence-electron chi connectivity index (χ2n) is 4.00. The van der Waals surface area contributed by atoms with Gasteiger partial charge in [-0.1, -0.05) is 0 Å². The van der Waals surface area contributed by atoms with E-state index in [0.717, 1.165) is 16.7 Å². The molecule has 1 N–H and O–H groups in total. The number of nitriles is 1. The summed E-state index contributed by atoms with van der Waals surface area (Å²) < 4.78 is 6.43. The molecule has 0 aliphatic heterocycles. The Bertz CT molecular complexity index is 611. The van der Waals surface area contributed by atoms with Crippen LogP contribution in [-0.2, 0) is 6.54 Å². The van der Waals surface area contributed by atoms with Crippen LogP contribution in [-0.4, -0.2) is 7.11 Å². The molecule has 0 fully saturated rings. The second kappa shape index (κ2) is 6.09. The molecule has 0 amide bonds. The molecule has 0 radical (unpaired) electrons. The number of thiophene rings is 1. The summed E-state index contributed by atoms with van der Waals surface area (Å²) in [6.45, 7) is 2.82. The molecule has 0 unspecified atom stereocenters. The number of hydrogen-bond donors (Lipinski definition) is 1. The number of benzene rings is 1. The summed E-state index contributed by atoms with van der Waals surface area (Å²) in [6.07, 6.45) is 0. The lowest BCUT2D eigenvalue weighted by atomic mass is 10.2. The van der Waals surface area contributed by atoms with E-state index in [4.69, 9.17) is 10.00 Å². The summed E-state index contributed by atoms with van der Waals surface area (Å²) in [5, 5.41) is 12.2. The van der Waals surface area contributed by atoms with E-state index in [1.54, 1.807) is 30.6 Å². The lowest BCUT2D eigenvalue weighted by Gasteiger charge is -2.10. The summed E-state index contributed by atoms with van der Waals surface area (Å²) in [5.41, 5.74) is 1.49. The van der Waals surface area contributed by atoms with Gasteiger partial charge in [-0.05, 0) is 41.1 Å². The molecule has 2 rings (SSSR count). The van der Waals surface area contributed by atoms with E-state index in [1.165, 1.54) is 9.75 Å². The normalized spacial score (nSPS) is 10.0. The summed E-state index contributed by atoms with van der Waals surface area (Å²) in [5.74, 6) is 0.686. The van der Waals surface area contributed by atoms with Crippen LogP contribution < -0.4 is 10.1 Å². The number of methoxy groups -OCH3 is 1. The van der Waals surface area contributed by atoms with Crippen LogP contribution in [0.1, 0.15) is 15.3 Å². The van der Waals surface area contributed by atoms with E-state index in [0.29, 0.717) is 11.3 Å². The number of anilines is 1. The maximum atomic E-state index is 8.86. The number of ether oxygens (including phenoxy) is 1. The molecule has 1 aromatic heterocycles. The van der Waals surface area contributed by atoms with Crippen LogP contribution in [0.15, 0.2) is 28.7 Å². The van der Waals surface area contributed by atoms with Gasteiger partial charge in [-0.25, -0.2) is 0 Å². The first-order valence-electron chi connectivity index (χ1n) is 5.71. The van der Waals surface area contributed by atoms with E-state index >= 15 is 0 Å². The number of hydrogen-bond acceptors (Lipinski definition) is 4. The topological polar surface area (TPSA) is 45.0 Å². The van der Waals surface area contributed by atoms with Gasteiger partial charge in [-0.15, -0.1) is 11.3 Å². The maximum Gasteiger partial charge on any atom is 0.143 e. The number of nitrogens with zero attached hydrogens (tertiary/aromatic N) is 1. The maximum absolute atomic E-state index is 8.86. The van der Waals surface area contributed by atoms with Crippen molar-refractivity contribution in [3.63, 3.8) is 0 Å². The molecule has 98 valence electrons. The van der Waals surface area contributed by atoms with Crippen LogP contribution in [0.3, 0.4) is 0 Å². The molecule has 2 aromatic rings. The van der Waals surface area contributed by atoms with Crippen molar-refractivity contribution in [2.24, 2.45) is 0 Å². The van der Waals surface area contributed by atoms with Gasteiger partial charge in [0.25, 0.3) is 0 Å². The highest BCUT2D eigenvalue weighted by Gasteiger charge is 2.06. The molecule has 0 atom stereocenters. The highest BCUT2D eigenvalue weighted by atomic mass is 79.9. The smallest absolute Gasteiger partial charge is 0.143 e. The van der Waals surface area contributed by atoms with Crippen molar-refractivity contribution in [2.75, 3.05) is 12.4 Å². The molecule has 0 saturated heterocycles. The molecular formula is C14H13BrN2OS. The largest absolute Gasteiger partial charge is 0.495 e. The SMILES string of the molecule is COc1cc(C#N)ccc1NCc1cc(Br)c(C)s1. The first-order valence-corrected chi connectivity index (χ1v) is 7.32.